The van der Waals surface area contributed by atoms with Crippen molar-refractivity contribution in [2.75, 3.05) is 13.7 Å². The minimum atomic E-state index is -1.03. The molecule has 1 nitrogen and oxygen atoms in total. The average molecular weight is 82.0 g/mol. The maximum atomic E-state index is 10.5. The maximum absolute atomic E-state index is 10.5. The van der Waals surface area contributed by atoms with Crippen LogP contribution < -0.4 is 0 Å². The molecule has 3 heteroatoms. The van der Waals surface area contributed by atoms with Gasteiger partial charge in [0, 0.05) is 0 Å². The van der Waals surface area contributed by atoms with E-state index in [1.54, 1.807) is 0 Å². The van der Waals surface area contributed by atoms with E-state index in [2.05, 4.69) is 4.74 Å². The molecule has 0 aromatic rings. The van der Waals surface area contributed by atoms with Crippen LogP contribution in [0.15, 0.2) is 0 Å². The van der Waals surface area contributed by atoms with Crippen LogP contribution in [0.25, 0.3) is 0 Å². The van der Waals surface area contributed by atoms with Crippen LogP contribution in [0, 0.1) is 0 Å². The molecular formula is C2H4F2O. The van der Waals surface area contributed by atoms with Crippen LogP contribution in [-0.4, -0.2) is 13.7 Å². The number of hydrogen-bond donors (Lipinski definition) is 0. The molecule has 0 spiro atoms. The number of ether oxygens (including phenoxy) is 1. The van der Waals surface area contributed by atoms with Gasteiger partial charge in [-0.3, -0.25) is 0 Å². The summed E-state index contributed by atoms with van der Waals surface area (Å²) in [5.74, 6) is 0. The number of hydrogen-bond acceptors (Lipinski definition) is 1. The molecule has 0 saturated carbocycles. The van der Waals surface area contributed by atoms with Crippen molar-refractivity contribution in [3.8, 4) is 0 Å². The smallest absolute Gasteiger partial charge is 0.191 e. The van der Waals surface area contributed by atoms with Gasteiger partial charge in [0.2, 0.25) is 0 Å². The summed E-state index contributed by atoms with van der Waals surface area (Å²) in [5, 5.41) is 0. The Kier molecular flexibility index (Phi) is 3.68. The van der Waals surface area contributed by atoms with Gasteiger partial charge in [0.25, 0.3) is 0 Å². The second-order valence-corrected chi connectivity index (χ2v) is 0.422. The van der Waals surface area contributed by atoms with E-state index in [-0.39, 0.29) is 0 Å². The summed E-state index contributed by atoms with van der Waals surface area (Å²) < 4.78 is 24.6. The van der Waals surface area contributed by atoms with Crippen LogP contribution in [0.1, 0.15) is 0 Å². The van der Waals surface area contributed by atoms with E-state index in [9.17, 15) is 8.78 Å². The fraction of sp³-hybridized carbons (Fsp3) is 1.00. The van der Waals surface area contributed by atoms with Gasteiger partial charge < -0.3 is 4.74 Å². The fourth-order valence-corrected chi connectivity index (χ4v) is 0.0292. The van der Waals surface area contributed by atoms with E-state index < -0.39 is 13.7 Å². The number of rotatable bonds is 2. The van der Waals surface area contributed by atoms with Gasteiger partial charge in [-0.25, -0.2) is 8.78 Å². The molecule has 0 saturated heterocycles. The predicted molar refractivity (Wildman–Crippen MR) is 13.0 cm³/mol. The van der Waals surface area contributed by atoms with Gasteiger partial charge in [-0.1, -0.05) is 0 Å². The van der Waals surface area contributed by atoms with Crippen LogP contribution in [0.3, 0.4) is 0 Å². The van der Waals surface area contributed by atoms with Crippen LogP contribution in [0.4, 0.5) is 8.78 Å². The lowest BCUT2D eigenvalue weighted by atomic mass is 11.4. The molecule has 0 amide bonds. The van der Waals surface area contributed by atoms with Gasteiger partial charge >= 0.3 is 0 Å². The van der Waals surface area contributed by atoms with E-state index in [0.717, 1.165) is 0 Å². The molecular weight excluding hydrogens is 78.0 g/mol. The summed E-state index contributed by atoms with van der Waals surface area (Å²) in [7, 11) is 0. The number of halogens is 2. The normalized spacial score (nSPS) is 8.40. The van der Waals surface area contributed by atoms with Crippen molar-refractivity contribution in [2.24, 2.45) is 0 Å². The first kappa shape index (κ1) is 4.82. The second-order valence-electron chi connectivity index (χ2n) is 0.422. The standard InChI is InChI=1S/C2H4F2O/c3-1-5-2-4/h1-2H2/i3+0,4+0. The highest BCUT2D eigenvalue weighted by atomic mass is 19.2. The lowest BCUT2D eigenvalue weighted by Gasteiger charge is -1.80. The fourth-order valence-electron chi connectivity index (χ4n) is 0.0292. The second kappa shape index (κ2) is 3.82. The van der Waals surface area contributed by atoms with Gasteiger partial charge in [0.05, 0.1) is 0 Å². The van der Waals surface area contributed by atoms with E-state index >= 15 is 0 Å². The van der Waals surface area contributed by atoms with Crippen molar-refractivity contribution in [3.05, 3.63) is 0 Å². The SMILES string of the molecule is [19F]COC[19F]. The molecule has 0 radical (unpaired) electrons. The summed E-state index contributed by atoms with van der Waals surface area (Å²) in [6.07, 6.45) is 0. The highest BCUT2D eigenvalue weighted by molar-refractivity contribution is 3.85. The van der Waals surface area contributed by atoms with E-state index in [1.165, 1.54) is 0 Å². The molecule has 0 unspecified atom stereocenters. The lowest BCUT2D eigenvalue weighted by molar-refractivity contribution is 0.00298. The molecule has 0 bridgehead atoms. The Bertz CT molecular complexity index is 15.1. The van der Waals surface area contributed by atoms with Crippen LogP contribution >= 0.6 is 0 Å². The minimum absolute atomic E-state index is 1.03. The molecule has 0 aliphatic heterocycles. The molecule has 5 heavy (non-hydrogen) atoms. The van der Waals surface area contributed by atoms with E-state index in [0.29, 0.717) is 0 Å². The molecule has 0 aromatic carbocycles. The lowest BCUT2D eigenvalue weighted by Crippen LogP contribution is -1.80. The molecule has 0 fully saturated rings. The summed E-state index contributed by atoms with van der Waals surface area (Å²) in [5.41, 5.74) is 0. The molecule has 0 aromatic heterocycles. The quantitative estimate of drug-likeness (QED) is 0.480. The first-order chi connectivity index (χ1) is 2.41. The van der Waals surface area contributed by atoms with Gasteiger partial charge in [0.15, 0.2) is 13.7 Å². The van der Waals surface area contributed by atoms with E-state index in [1.807, 2.05) is 0 Å². The van der Waals surface area contributed by atoms with Gasteiger partial charge in [-0.15, -0.1) is 0 Å². The Hall–Kier alpha value is -0.180. The Balaban J connectivity index is 2.19. The van der Waals surface area contributed by atoms with Crippen molar-refractivity contribution in [1.29, 1.82) is 0 Å². The van der Waals surface area contributed by atoms with Gasteiger partial charge in [0.1, 0.15) is 0 Å². The molecule has 0 N–H and O–H groups in total. The molecule has 32 valence electrons. The molecule has 0 atom stereocenters. The summed E-state index contributed by atoms with van der Waals surface area (Å²) in [4.78, 5) is 0. The molecule has 0 aliphatic carbocycles. The summed E-state index contributed by atoms with van der Waals surface area (Å²) >= 11 is 0. The highest BCUT2D eigenvalue weighted by Crippen LogP contribution is 1.71. The summed E-state index contributed by atoms with van der Waals surface area (Å²) in [6, 6.07) is 0. The predicted octanol–water partition coefficient (Wildman–Crippen LogP) is 0.857. The van der Waals surface area contributed by atoms with Gasteiger partial charge in [-0.2, -0.15) is 0 Å². The third kappa shape index (κ3) is 3.82. The van der Waals surface area contributed by atoms with Crippen LogP contribution in [-0.2, 0) is 4.74 Å². The van der Waals surface area contributed by atoms with Crippen LogP contribution in [0.5, 0.6) is 0 Å². The minimum Gasteiger partial charge on any atom is -0.319 e. The first-order valence-electron chi connectivity index (χ1n) is 1.11. The van der Waals surface area contributed by atoms with Gasteiger partial charge in [-0.05, 0) is 0 Å². The molecule has 0 heterocycles. The Morgan fingerprint density at radius 2 is 1.60 bits per heavy atom. The van der Waals surface area contributed by atoms with Crippen molar-refractivity contribution in [3.63, 3.8) is 0 Å². The summed E-state index contributed by atoms with van der Waals surface area (Å²) in [6.45, 7) is -2.06. The third-order valence-corrected chi connectivity index (χ3v) is 0.154. The first-order valence-corrected chi connectivity index (χ1v) is 1.11. The third-order valence-electron chi connectivity index (χ3n) is 0.154. The highest BCUT2D eigenvalue weighted by Gasteiger charge is 1.70. The van der Waals surface area contributed by atoms with E-state index in [4.69, 9.17) is 0 Å². The number of alkyl halides is 2. The zero-order valence-electron chi connectivity index (χ0n) is 2.58. The monoisotopic (exact) mass is 82.0 g/mol. The Morgan fingerprint density at radius 1 is 1.20 bits per heavy atom. The van der Waals surface area contributed by atoms with Crippen molar-refractivity contribution in [2.45, 2.75) is 0 Å². The largest absolute Gasteiger partial charge is 0.319 e. The Morgan fingerprint density at radius 3 is 1.60 bits per heavy atom. The topological polar surface area (TPSA) is 9.23 Å². The zero-order chi connectivity index (χ0) is 4.12. The Labute approximate surface area is 28.5 Å². The zero-order valence-corrected chi connectivity index (χ0v) is 2.58. The molecule has 0 rings (SSSR count). The average Bonchev–Trinajstić information content (AvgIpc) is 1.41. The molecule has 0 aliphatic rings. The van der Waals surface area contributed by atoms with Crippen molar-refractivity contribution < 1.29 is 13.5 Å². The van der Waals surface area contributed by atoms with Crippen LogP contribution in [0.2, 0.25) is 0 Å². The van der Waals surface area contributed by atoms with Crippen molar-refractivity contribution in [1.82, 2.24) is 0 Å². The maximum Gasteiger partial charge on any atom is 0.191 e. The van der Waals surface area contributed by atoms with Crippen molar-refractivity contribution >= 4 is 0 Å².